The van der Waals surface area contributed by atoms with E-state index in [1.807, 2.05) is 0 Å². The number of likely N-dealkylation sites (N-methyl/N-ethyl adjacent to an activating group) is 1. The van der Waals surface area contributed by atoms with Gasteiger partial charge in [0.25, 0.3) is 5.95 Å². The Labute approximate surface area is 246 Å². The van der Waals surface area contributed by atoms with E-state index in [4.69, 9.17) is 25.4 Å². The van der Waals surface area contributed by atoms with Crippen molar-refractivity contribution in [1.29, 1.82) is 5.41 Å². The summed E-state index contributed by atoms with van der Waals surface area (Å²) < 4.78 is 17.8. The Kier molecular flexibility index (Phi) is 9.34. The largest absolute Gasteiger partial charge is 0.490 e. The van der Waals surface area contributed by atoms with E-state index in [1.165, 1.54) is 38.3 Å². The van der Waals surface area contributed by atoms with Crippen molar-refractivity contribution in [3.8, 4) is 17.4 Å². The zero-order valence-electron chi connectivity index (χ0n) is 23.9. The molecule has 4 aromatic rings. The van der Waals surface area contributed by atoms with Crippen LogP contribution in [0.15, 0.2) is 65.7 Å². The molecule has 0 aliphatic carbocycles. The number of nitrogens with two attached hydrogens (primary N) is 1. The van der Waals surface area contributed by atoms with E-state index in [9.17, 15) is 14.4 Å². The maximum Gasteiger partial charge on any atom is 0.350 e. The number of anilines is 1. The van der Waals surface area contributed by atoms with E-state index < -0.39 is 29.9 Å². The van der Waals surface area contributed by atoms with Crippen molar-refractivity contribution in [1.82, 2.24) is 29.6 Å². The van der Waals surface area contributed by atoms with Crippen molar-refractivity contribution in [3.63, 3.8) is 0 Å². The van der Waals surface area contributed by atoms with Crippen LogP contribution in [0.25, 0.3) is 5.95 Å². The van der Waals surface area contributed by atoms with Crippen LogP contribution >= 0.6 is 0 Å². The predicted octanol–water partition coefficient (Wildman–Crippen LogP) is 1.59. The number of carbonyl (C=O) groups is 2. The number of H-pyrrole nitrogens is 1. The van der Waals surface area contributed by atoms with Crippen molar-refractivity contribution in [3.05, 3.63) is 88.4 Å². The third kappa shape index (κ3) is 7.32. The molecule has 0 radical (unpaired) electrons. The van der Waals surface area contributed by atoms with E-state index >= 15 is 0 Å². The molecule has 5 N–H and O–H groups in total. The smallest absolute Gasteiger partial charge is 0.350 e. The number of ether oxygens (including phenoxy) is 3. The number of amides is 1. The number of aromatic amines is 1. The van der Waals surface area contributed by atoms with Gasteiger partial charge in [-0.15, -0.1) is 9.78 Å². The third-order valence-electron chi connectivity index (χ3n) is 5.91. The SMILES string of the molecule is CCOc1cc(C(Nc2ccc(C(=N)N)cc2)c2nn(-c3ncccn3)c(=O)[nH]2)ccc1OC(OC(C)=O)C(=O)N(C)C. The molecule has 0 saturated heterocycles. The number of benzene rings is 2. The molecule has 4 rings (SSSR count). The Morgan fingerprint density at radius 3 is 2.42 bits per heavy atom. The van der Waals surface area contributed by atoms with Crippen LogP contribution in [-0.4, -0.2) is 74.3 Å². The van der Waals surface area contributed by atoms with Crippen LogP contribution in [0.4, 0.5) is 5.69 Å². The fourth-order valence-corrected chi connectivity index (χ4v) is 3.90. The van der Waals surface area contributed by atoms with E-state index in [-0.39, 0.29) is 35.7 Å². The first-order valence-electron chi connectivity index (χ1n) is 13.1. The number of carbonyl (C=O) groups excluding carboxylic acids is 2. The van der Waals surface area contributed by atoms with Crippen molar-refractivity contribution >= 4 is 23.4 Å². The minimum atomic E-state index is -1.54. The Hall–Kier alpha value is -5.73. The highest BCUT2D eigenvalue weighted by atomic mass is 16.7. The summed E-state index contributed by atoms with van der Waals surface area (Å²) in [5.41, 5.74) is 6.80. The van der Waals surface area contributed by atoms with Crippen LogP contribution in [-0.2, 0) is 14.3 Å². The van der Waals surface area contributed by atoms with E-state index in [1.54, 1.807) is 55.5 Å². The summed E-state index contributed by atoms with van der Waals surface area (Å²) in [4.78, 5) is 49.4. The summed E-state index contributed by atoms with van der Waals surface area (Å²) in [7, 11) is 3.02. The molecule has 2 atom stereocenters. The second-order valence-electron chi connectivity index (χ2n) is 9.28. The van der Waals surface area contributed by atoms with E-state index in [0.29, 0.717) is 16.8 Å². The number of nitrogens with one attached hydrogen (secondary N) is 3. The van der Waals surface area contributed by atoms with Crippen molar-refractivity contribution in [2.24, 2.45) is 5.73 Å². The molecule has 15 heteroatoms. The first-order valence-corrected chi connectivity index (χ1v) is 13.1. The molecule has 0 aliphatic heterocycles. The van der Waals surface area contributed by atoms with Crippen LogP contribution in [0.2, 0.25) is 0 Å². The summed E-state index contributed by atoms with van der Waals surface area (Å²) in [5, 5.41) is 15.4. The van der Waals surface area contributed by atoms with Crippen molar-refractivity contribution in [2.75, 3.05) is 26.0 Å². The lowest BCUT2D eigenvalue weighted by atomic mass is 10.0. The topological polar surface area (TPSA) is 203 Å². The van der Waals surface area contributed by atoms with E-state index in [2.05, 4.69) is 25.4 Å². The zero-order chi connectivity index (χ0) is 31.1. The molecule has 43 heavy (non-hydrogen) atoms. The quantitative estimate of drug-likeness (QED) is 0.0808. The average Bonchev–Trinajstić information content (AvgIpc) is 3.37. The molecule has 0 spiro atoms. The molecule has 2 heterocycles. The number of aromatic nitrogens is 5. The highest BCUT2D eigenvalue weighted by Gasteiger charge is 2.28. The molecule has 2 aromatic carbocycles. The third-order valence-corrected chi connectivity index (χ3v) is 5.91. The zero-order valence-corrected chi connectivity index (χ0v) is 23.9. The molecule has 0 fully saturated rings. The molecular formula is C28H31N9O6. The molecule has 1 amide bonds. The van der Waals surface area contributed by atoms with Gasteiger partial charge in [-0.05, 0) is 55.0 Å². The van der Waals surface area contributed by atoms with Gasteiger partial charge in [0, 0.05) is 44.7 Å². The maximum absolute atomic E-state index is 12.9. The highest BCUT2D eigenvalue weighted by molar-refractivity contribution is 5.95. The predicted molar refractivity (Wildman–Crippen MR) is 155 cm³/mol. The number of nitrogens with zero attached hydrogens (tertiary/aromatic N) is 5. The van der Waals surface area contributed by atoms with Gasteiger partial charge < -0.3 is 30.2 Å². The number of nitrogen functional groups attached to an aromatic ring is 1. The average molecular weight is 590 g/mol. The first-order chi connectivity index (χ1) is 20.6. The fourth-order valence-electron chi connectivity index (χ4n) is 3.90. The Bertz CT molecular complexity index is 1650. The van der Waals surface area contributed by atoms with Gasteiger partial charge in [0.15, 0.2) is 17.3 Å². The van der Waals surface area contributed by atoms with Gasteiger partial charge in [-0.3, -0.25) is 20.0 Å². The second-order valence-corrected chi connectivity index (χ2v) is 9.28. The normalized spacial score (nSPS) is 12.1. The molecule has 0 bridgehead atoms. The van der Waals surface area contributed by atoms with Gasteiger partial charge in [-0.1, -0.05) is 6.07 Å². The van der Waals surface area contributed by atoms with Gasteiger partial charge in [-0.2, -0.15) is 0 Å². The molecular weight excluding hydrogens is 558 g/mol. The van der Waals surface area contributed by atoms with Crippen LogP contribution in [0, 0.1) is 5.41 Å². The summed E-state index contributed by atoms with van der Waals surface area (Å²) in [6.07, 6.45) is 1.45. The Morgan fingerprint density at radius 2 is 1.81 bits per heavy atom. The van der Waals surface area contributed by atoms with Crippen molar-refractivity contribution in [2.45, 2.75) is 26.2 Å². The fraction of sp³-hybridized carbons (Fsp3) is 0.250. The minimum Gasteiger partial charge on any atom is -0.490 e. The summed E-state index contributed by atoms with van der Waals surface area (Å²) >= 11 is 0. The molecule has 2 aromatic heterocycles. The monoisotopic (exact) mass is 589 g/mol. The lowest BCUT2D eigenvalue weighted by Gasteiger charge is -2.23. The van der Waals surface area contributed by atoms with Crippen LogP contribution in [0.1, 0.15) is 36.8 Å². The molecule has 0 saturated carbocycles. The van der Waals surface area contributed by atoms with Gasteiger partial charge >= 0.3 is 23.9 Å². The number of esters is 1. The Balaban J connectivity index is 1.77. The van der Waals surface area contributed by atoms with Crippen molar-refractivity contribution < 1.29 is 23.8 Å². The van der Waals surface area contributed by atoms with Gasteiger partial charge in [0.2, 0.25) is 0 Å². The van der Waals surface area contributed by atoms with Gasteiger partial charge in [0.05, 0.1) is 6.61 Å². The number of amidine groups is 1. The van der Waals surface area contributed by atoms with Crippen LogP contribution in [0.5, 0.6) is 11.5 Å². The molecule has 224 valence electrons. The van der Waals surface area contributed by atoms with Crippen LogP contribution in [0.3, 0.4) is 0 Å². The summed E-state index contributed by atoms with van der Waals surface area (Å²) in [5.74, 6) is -0.654. The van der Waals surface area contributed by atoms with Crippen LogP contribution < -0.4 is 26.2 Å². The maximum atomic E-state index is 12.9. The lowest BCUT2D eigenvalue weighted by Crippen LogP contribution is -2.40. The number of hydrogen-bond acceptors (Lipinski definition) is 11. The Morgan fingerprint density at radius 1 is 1.12 bits per heavy atom. The van der Waals surface area contributed by atoms with Gasteiger partial charge in [-0.25, -0.2) is 14.8 Å². The summed E-state index contributed by atoms with van der Waals surface area (Å²) in [6.45, 7) is 3.20. The molecule has 2 unspecified atom stereocenters. The first kappa shape index (κ1) is 30.2. The lowest BCUT2D eigenvalue weighted by molar-refractivity contribution is -0.175. The molecule has 15 nitrogen and oxygen atoms in total. The number of hydrogen-bond donors (Lipinski definition) is 4. The summed E-state index contributed by atoms with van der Waals surface area (Å²) in [6, 6.07) is 12.6. The van der Waals surface area contributed by atoms with Gasteiger partial charge in [0.1, 0.15) is 11.9 Å². The minimum absolute atomic E-state index is 0.0780. The van der Waals surface area contributed by atoms with E-state index in [0.717, 1.165) is 4.68 Å². The number of rotatable bonds is 12. The molecule has 0 aliphatic rings. The standard InChI is InChI=1S/C28H31N9O6/c1-5-41-21-15-18(9-12-20(21)43-26(42-16(2)38)25(39)36(3)4)22(33-19-10-7-17(8-11-19)23(29)30)24-34-28(40)37(35-24)27-31-13-6-14-32-27/h6-15,22,26,33H,5H2,1-4H3,(H3,29,30)(H,34,35,40). The second kappa shape index (κ2) is 13.3. The highest BCUT2D eigenvalue weighted by Crippen LogP contribution is 2.34.